The van der Waals surface area contributed by atoms with Crippen LogP contribution in [0.3, 0.4) is 0 Å². The monoisotopic (exact) mass is 481 g/mol. The third-order valence-corrected chi connectivity index (χ3v) is 5.88. The first-order valence-electron chi connectivity index (χ1n) is 9.21. The van der Waals surface area contributed by atoms with Crippen molar-refractivity contribution >= 4 is 52.5 Å². The minimum Gasteiger partial charge on any atom is -0.345 e. The van der Waals surface area contributed by atoms with Crippen LogP contribution in [0.4, 0.5) is 10.1 Å². The van der Waals surface area contributed by atoms with Gasteiger partial charge >= 0.3 is 0 Å². The van der Waals surface area contributed by atoms with Crippen molar-refractivity contribution in [3.05, 3.63) is 69.7 Å². The van der Waals surface area contributed by atoms with Crippen molar-refractivity contribution in [3.63, 3.8) is 0 Å². The van der Waals surface area contributed by atoms with Gasteiger partial charge in [0, 0.05) is 12.1 Å². The van der Waals surface area contributed by atoms with Gasteiger partial charge in [0.05, 0.1) is 28.0 Å². The third-order valence-electron chi connectivity index (χ3n) is 4.18. The van der Waals surface area contributed by atoms with Crippen LogP contribution >= 0.6 is 35.0 Å². The van der Waals surface area contributed by atoms with E-state index >= 15 is 0 Å². The fourth-order valence-corrected chi connectivity index (χ4v) is 3.77. The molecule has 0 aliphatic rings. The van der Waals surface area contributed by atoms with E-state index < -0.39 is 5.82 Å². The largest absolute Gasteiger partial charge is 0.345 e. The Balaban J connectivity index is 1.58. The SMILES string of the molecule is CCn1c(CNC(=O)c2ccc(Cl)c(Cl)c2)nnc1SCC(=O)Nc1ccccc1F. The number of amides is 2. The van der Waals surface area contributed by atoms with Gasteiger partial charge in [0.2, 0.25) is 5.91 Å². The van der Waals surface area contributed by atoms with Crippen LogP contribution in [-0.4, -0.2) is 32.3 Å². The Labute approximate surface area is 192 Å². The summed E-state index contributed by atoms with van der Waals surface area (Å²) in [6.45, 7) is 2.58. The molecule has 0 aliphatic carbocycles. The molecule has 2 N–H and O–H groups in total. The molecule has 2 aromatic carbocycles. The molecule has 2 amide bonds. The van der Waals surface area contributed by atoms with E-state index in [0.29, 0.717) is 33.1 Å². The summed E-state index contributed by atoms with van der Waals surface area (Å²) >= 11 is 13.0. The number of nitrogens with one attached hydrogen (secondary N) is 2. The van der Waals surface area contributed by atoms with E-state index in [9.17, 15) is 14.0 Å². The number of halogens is 3. The molecule has 31 heavy (non-hydrogen) atoms. The number of hydrogen-bond donors (Lipinski definition) is 2. The van der Waals surface area contributed by atoms with Crippen molar-refractivity contribution in [2.24, 2.45) is 0 Å². The Kier molecular flexibility index (Phi) is 7.89. The number of benzene rings is 2. The van der Waals surface area contributed by atoms with Gasteiger partial charge in [-0.05, 0) is 37.3 Å². The number of nitrogens with zero attached hydrogens (tertiary/aromatic N) is 3. The van der Waals surface area contributed by atoms with E-state index in [-0.39, 0.29) is 29.8 Å². The van der Waals surface area contributed by atoms with Crippen molar-refractivity contribution in [2.45, 2.75) is 25.2 Å². The van der Waals surface area contributed by atoms with E-state index in [4.69, 9.17) is 23.2 Å². The van der Waals surface area contributed by atoms with Gasteiger partial charge in [-0.15, -0.1) is 10.2 Å². The highest BCUT2D eigenvalue weighted by Crippen LogP contribution is 2.23. The molecule has 0 fully saturated rings. The number of carbonyl (C=O) groups excluding carboxylic acids is 2. The molecule has 1 aromatic heterocycles. The van der Waals surface area contributed by atoms with Crippen LogP contribution in [0.15, 0.2) is 47.6 Å². The second-order valence-electron chi connectivity index (χ2n) is 6.27. The number of para-hydroxylation sites is 1. The highest BCUT2D eigenvalue weighted by molar-refractivity contribution is 7.99. The van der Waals surface area contributed by atoms with Crippen LogP contribution in [0.2, 0.25) is 10.0 Å². The molecule has 162 valence electrons. The molecule has 0 radical (unpaired) electrons. The van der Waals surface area contributed by atoms with E-state index in [1.165, 1.54) is 30.0 Å². The van der Waals surface area contributed by atoms with Gasteiger partial charge in [-0.1, -0.05) is 47.1 Å². The first-order valence-corrected chi connectivity index (χ1v) is 11.0. The first kappa shape index (κ1) is 23.1. The fourth-order valence-electron chi connectivity index (χ4n) is 2.65. The molecular formula is C20H18Cl2FN5O2S. The number of aromatic nitrogens is 3. The van der Waals surface area contributed by atoms with Crippen LogP contribution in [0, 0.1) is 5.82 Å². The van der Waals surface area contributed by atoms with Crippen LogP contribution in [0.5, 0.6) is 0 Å². The van der Waals surface area contributed by atoms with Gasteiger partial charge < -0.3 is 15.2 Å². The van der Waals surface area contributed by atoms with Crippen molar-refractivity contribution in [2.75, 3.05) is 11.1 Å². The molecule has 0 aliphatic heterocycles. The van der Waals surface area contributed by atoms with Crippen LogP contribution < -0.4 is 10.6 Å². The predicted octanol–water partition coefficient (Wildman–Crippen LogP) is 4.40. The summed E-state index contributed by atoms with van der Waals surface area (Å²) in [7, 11) is 0. The Bertz CT molecular complexity index is 1110. The lowest BCUT2D eigenvalue weighted by atomic mass is 10.2. The summed E-state index contributed by atoms with van der Waals surface area (Å²) in [6, 6.07) is 10.6. The molecule has 3 rings (SSSR count). The van der Waals surface area contributed by atoms with Gasteiger partial charge in [0.25, 0.3) is 5.91 Å². The maximum atomic E-state index is 13.7. The summed E-state index contributed by atoms with van der Waals surface area (Å²) < 4.78 is 15.4. The zero-order chi connectivity index (χ0) is 22.4. The lowest BCUT2D eigenvalue weighted by Gasteiger charge is -2.09. The molecule has 1 heterocycles. The Morgan fingerprint density at radius 2 is 1.90 bits per heavy atom. The van der Waals surface area contributed by atoms with E-state index in [1.807, 2.05) is 6.92 Å². The fraction of sp³-hybridized carbons (Fsp3) is 0.200. The number of carbonyl (C=O) groups is 2. The van der Waals surface area contributed by atoms with Crippen molar-refractivity contribution in [3.8, 4) is 0 Å². The zero-order valence-corrected chi connectivity index (χ0v) is 18.7. The van der Waals surface area contributed by atoms with E-state index in [2.05, 4.69) is 20.8 Å². The molecule has 0 saturated heterocycles. The first-order chi connectivity index (χ1) is 14.9. The highest BCUT2D eigenvalue weighted by Gasteiger charge is 2.15. The minimum absolute atomic E-state index is 0.0299. The number of thioether (sulfide) groups is 1. The van der Waals surface area contributed by atoms with E-state index in [1.54, 1.807) is 28.8 Å². The average Bonchev–Trinajstić information content (AvgIpc) is 3.16. The van der Waals surface area contributed by atoms with Gasteiger partial charge in [-0.3, -0.25) is 9.59 Å². The van der Waals surface area contributed by atoms with E-state index in [0.717, 1.165) is 0 Å². The van der Waals surface area contributed by atoms with Crippen molar-refractivity contribution in [1.82, 2.24) is 20.1 Å². The van der Waals surface area contributed by atoms with Crippen LogP contribution in [0.1, 0.15) is 23.1 Å². The Morgan fingerprint density at radius 3 is 2.61 bits per heavy atom. The number of rotatable bonds is 8. The Hall–Kier alpha value is -2.62. The molecule has 0 spiro atoms. The lowest BCUT2D eigenvalue weighted by molar-refractivity contribution is -0.113. The summed E-state index contributed by atoms with van der Waals surface area (Å²) in [4.78, 5) is 24.5. The molecule has 7 nitrogen and oxygen atoms in total. The molecule has 3 aromatic rings. The topological polar surface area (TPSA) is 88.9 Å². The van der Waals surface area contributed by atoms with Crippen LogP contribution in [0.25, 0.3) is 0 Å². The normalized spacial score (nSPS) is 10.7. The standard InChI is InChI=1S/C20H18Cl2FN5O2S/c1-2-28-17(10-24-19(30)12-7-8-13(21)14(22)9-12)26-27-20(28)31-11-18(29)25-16-6-4-3-5-15(16)23/h3-9H,2,10-11H2,1H3,(H,24,30)(H,25,29). The van der Waals surface area contributed by atoms with Crippen LogP contribution in [-0.2, 0) is 17.9 Å². The number of anilines is 1. The maximum Gasteiger partial charge on any atom is 0.251 e. The molecule has 0 saturated carbocycles. The summed E-state index contributed by atoms with van der Waals surface area (Å²) in [5.74, 6) is -0.634. The van der Waals surface area contributed by atoms with Gasteiger partial charge in [-0.2, -0.15) is 0 Å². The Morgan fingerprint density at radius 1 is 1.13 bits per heavy atom. The van der Waals surface area contributed by atoms with Gasteiger partial charge in [0.15, 0.2) is 11.0 Å². The third kappa shape index (κ3) is 5.96. The molecule has 0 unspecified atom stereocenters. The number of hydrogen-bond acceptors (Lipinski definition) is 5. The zero-order valence-electron chi connectivity index (χ0n) is 16.4. The summed E-state index contributed by atoms with van der Waals surface area (Å²) in [5, 5.41) is 14.6. The second kappa shape index (κ2) is 10.6. The predicted molar refractivity (Wildman–Crippen MR) is 119 cm³/mol. The maximum absolute atomic E-state index is 13.7. The second-order valence-corrected chi connectivity index (χ2v) is 8.03. The lowest BCUT2D eigenvalue weighted by Crippen LogP contribution is -2.24. The smallest absolute Gasteiger partial charge is 0.251 e. The van der Waals surface area contributed by atoms with Gasteiger partial charge in [0.1, 0.15) is 5.82 Å². The highest BCUT2D eigenvalue weighted by atomic mass is 35.5. The minimum atomic E-state index is -0.502. The van der Waals surface area contributed by atoms with Gasteiger partial charge in [-0.25, -0.2) is 4.39 Å². The quantitative estimate of drug-likeness (QED) is 0.465. The molecule has 0 bridgehead atoms. The summed E-state index contributed by atoms with van der Waals surface area (Å²) in [5.41, 5.74) is 0.493. The summed E-state index contributed by atoms with van der Waals surface area (Å²) in [6.07, 6.45) is 0. The van der Waals surface area contributed by atoms with Crippen molar-refractivity contribution < 1.29 is 14.0 Å². The molecule has 11 heteroatoms. The average molecular weight is 482 g/mol. The van der Waals surface area contributed by atoms with Crippen molar-refractivity contribution in [1.29, 1.82) is 0 Å². The molecular weight excluding hydrogens is 464 g/mol. The molecule has 0 atom stereocenters.